The number of rotatable bonds is 2. The molecule has 1 aliphatic heterocycles. The zero-order valence-electron chi connectivity index (χ0n) is 9.65. The second-order valence-corrected chi connectivity index (χ2v) is 6.58. The fourth-order valence-electron chi connectivity index (χ4n) is 1.91. The SMILES string of the molecule is C[NH+]1CCN(NC(=O)[C@@]2(C)CC2(Cl)Cl)CC1. The summed E-state index contributed by atoms with van der Waals surface area (Å²) in [5.41, 5.74) is 2.29. The minimum Gasteiger partial charge on any atom is -0.335 e. The van der Waals surface area contributed by atoms with Crippen molar-refractivity contribution in [3.8, 4) is 0 Å². The normalized spacial score (nSPS) is 34.8. The maximum absolute atomic E-state index is 12.0. The lowest BCUT2D eigenvalue weighted by atomic mass is 10.1. The third-order valence-corrected chi connectivity index (χ3v) is 4.74. The first-order valence-electron chi connectivity index (χ1n) is 5.60. The first-order valence-corrected chi connectivity index (χ1v) is 6.36. The number of nitrogens with one attached hydrogen (secondary N) is 2. The predicted octanol–water partition coefficient (Wildman–Crippen LogP) is -0.568. The lowest BCUT2D eigenvalue weighted by Gasteiger charge is -2.31. The Morgan fingerprint density at radius 1 is 1.38 bits per heavy atom. The van der Waals surface area contributed by atoms with Crippen LogP contribution >= 0.6 is 23.2 Å². The third kappa shape index (κ3) is 2.16. The lowest BCUT2D eigenvalue weighted by Crippen LogP contribution is -3.12. The van der Waals surface area contributed by atoms with Gasteiger partial charge >= 0.3 is 0 Å². The van der Waals surface area contributed by atoms with E-state index in [0.717, 1.165) is 26.2 Å². The van der Waals surface area contributed by atoms with Crippen molar-refractivity contribution in [1.82, 2.24) is 10.4 Å². The molecule has 2 N–H and O–H groups in total. The Morgan fingerprint density at radius 3 is 2.31 bits per heavy atom. The largest absolute Gasteiger partial charge is 0.335 e. The van der Waals surface area contributed by atoms with E-state index in [2.05, 4.69) is 12.5 Å². The Kier molecular flexibility index (Phi) is 3.12. The molecular weight excluding hydrogens is 249 g/mol. The van der Waals surface area contributed by atoms with E-state index in [0.29, 0.717) is 6.42 Å². The lowest BCUT2D eigenvalue weighted by molar-refractivity contribution is -0.884. The molecule has 0 aromatic rings. The number of likely N-dealkylation sites (N-methyl/N-ethyl adjacent to an activating group) is 1. The van der Waals surface area contributed by atoms with E-state index in [1.165, 1.54) is 4.90 Å². The Bertz CT molecular complexity index is 302. The number of carbonyl (C=O) groups is 1. The molecule has 2 aliphatic rings. The van der Waals surface area contributed by atoms with Crippen LogP contribution < -0.4 is 10.3 Å². The summed E-state index contributed by atoms with van der Waals surface area (Å²) in [4.78, 5) is 13.5. The van der Waals surface area contributed by atoms with Gasteiger partial charge in [0, 0.05) is 0 Å². The van der Waals surface area contributed by atoms with Crippen molar-refractivity contribution < 1.29 is 9.69 Å². The summed E-state index contributed by atoms with van der Waals surface area (Å²) < 4.78 is -0.880. The maximum Gasteiger partial charge on any atom is 0.243 e. The summed E-state index contributed by atoms with van der Waals surface area (Å²) in [5.74, 6) is -0.0583. The molecule has 1 atom stereocenters. The number of hydrazine groups is 1. The number of nitrogens with zero attached hydrogens (tertiary/aromatic N) is 1. The molecule has 16 heavy (non-hydrogen) atoms. The van der Waals surface area contributed by atoms with Gasteiger partial charge in [0.1, 0.15) is 4.33 Å². The van der Waals surface area contributed by atoms with Crippen molar-refractivity contribution in [2.45, 2.75) is 17.7 Å². The third-order valence-electron chi connectivity index (χ3n) is 3.64. The highest BCUT2D eigenvalue weighted by Gasteiger charge is 2.68. The van der Waals surface area contributed by atoms with Gasteiger partial charge in [-0.3, -0.25) is 10.2 Å². The minimum atomic E-state index is -0.880. The molecule has 0 radical (unpaired) electrons. The van der Waals surface area contributed by atoms with Crippen LogP contribution in [0.1, 0.15) is 13.3 Å². The topological polar surface area (TPSA) is 36.8 Å². The second kappa shape index (κ2) is 4.02. The summed E-state index contributed by atoms with van der Waals surface area (Å²) in [6.07, 6.45) is 0.536. The van der Waals surface area contributed by atoms with E-state index in [-0.39, 0.29) is 5.91 Å². The Balaban J connectivity index is 1.85. The van der Waals surface area contributed by atoms with Crippen molar-refractivity contribution in [3.05, 3.63) is 0 Å². The van der Waals surface area contributed by atoms with E-state index >= 15 is 0 Å². The van der Waals surface area contributed by atoms with E-state index in [4.69, 9.17) is 23.2 Å². The van der Waals surface area contributed by atoms with Gasteiger partial charge in [-0.2, -0.15) is 0 Å². The molecule has 4 nitrogen and oxygen atoms in total. The molecule has 2 rings (SSSR count). The van der Waals surface area contributed by atoms with E-state index in [9.17, 15) is 4.79 Å². The molecule has 0 spiro atoms. The fraction of sp³-hybridized carbons (Fsp3) is 0.900. The molecular formula is C10H18Cl2N3O+. The fourth-order valence-corrected chi connectivity index (χ4v) is 2.62. The van der Waals surface area contributed by atoms with Gasteiger partial charge in [0.25, 0.3) is 0 Å². The number of quaternary nitrogens is 1. The monoisotopic (exact) mass is 266 g/mol. The number of alkyl halides is 2. The van der Waals surface area contributed by atoms with Gasteiger partial charge in [-0.15, -0.1) is 23.2 Å². The summed E-state index contributed by atoms with van der Waals surface area (Å²) in [6, 6.07) is 0. The summed E-state index contributed by atoms with van der Waals surface area (Å²) in [6.45, 7) is 5.66. The number of hydrogen-bond donors (Lipinski definition) is 2. The first-order chi connectivity index (χ1) is 7.35. The van der Waals surface area contributed by atoms with Crippen LogP contribution in [-0.2, 0) is 4.79 Å². The molecule has 0 aromatic carbocycles. The van der Waals surface area contributed by atoms with Crippen LogP contribution in [0.25, 0.3) is 0 Å². The molecule has 0 aromatic heterocycles. The zero-order chi connectivity index (χ0) is 12.0. The van der Waals surface area contributed by atoms with Crippen molar-refractivity contribution >= 4 is 29.1 Å². The Hall–Kier alpha value is -0.0300. The molecule has 1 aliphatic carbocycles. The zero-order valence-corrected chi connectivity index (χ0v) is 11.2. The van der Waals surface area contributed by atoms with Crippen LogP contribution in [0.2, 0.25) is 0 Å². The van der Waals surface area contributed by atoms with Crippen LogP contribution in [0.3, 0.4) is 0 Å². The average Bonchev–Trinajstić information content (AvgIpc) is 2.71. The van der Waals surface area contributed by atoms with Gasteiger partial charge in [-0.25, -0.2) is 5.01 Å². The number of hydrogen-bond acceptors (Lipinski definition) is 2. The molecule has 92 valence electrons. The highest BCUT2D eigenvalue weighted by atomic mass is 35.5. The molecule has 1 saturated heterocycles. The highest BCUT2D eigenvalue weighted by Crippen LogP contribution is 2.63. The van der Waals surface area contributed by atoms with Gasteiger partial charge < -0.3 is 4.90 Å². The number of halogens is 2. The standard InChI is InChI=1S/C10H17Cl2N3O/c1-9(7-10(9,11)12)8(16)13-15-5-3-14(2)4-6-15/h3-7H2,1-2H3,(H,13,16)/p+1/t9-/m1/s1. The first kappa shape index (κ1) is 12.4. The second-order valence-electron chi connectivity index (χ2n) is 5.10. The van der Waals surface area contributed by atoms with Crippen molar-refractivity contribution in [3.63, 3.8) is 0 Å². The van der Waals surface area contributed by atoms with Crippen LogP contribution in [0, 0.1) is 5.41 Å². The van der Waals surface area contributed by atoms with E-state index in [1.807, 2.05) is 11.9 Å². The van der Waals surface area contributed by atoms with Gasteiger partial charge in [0.2, 0.25) is 5.91 Å². The molecule has 2 fully saturated rings. The molecule has 1 saturated carbocycles. The summed E-state index contributed by atoms with van der Waals surface area (Å²) in [7, 11) is 2.16. The van der Waals surface area contributed by atoms with Crippen LogP contribution in [-0.4, -0.2) is 48.5 Å². The van der Waals surface area contributed by atoms with E-state index < -0.39 is 9.75 Å². The Labute approximate surface area is 106 Å². The molecule has 0 bridgehead atoms. The Morgan fingerprint density at radius 2 is 1.88 bits per heavy atom. The van der Waals surface area contributed by atoms with Crippen molar-refractivity contribution in [1.29, 1.82) is 0 Å². The van der Waals surface area contributed by atoms with Crippen molar-refractivity contribution in [2.24, 2.45) is 5.41 Å². The van der Waals surface area contributed by atoms with E-state index in [1.54, 1.807) is 0 Å². The molecule has 6 heteroatoms. The number of carbonyl (C=O) groups excluding carboxylic acids is 1. The van der Waals surface area contributed by atoms with Crippen LogP contribution in [0.5, 0.6) is 0 Å². The molecule has 1 amide bonds. The minimum absolute atomic E-state index is 0.0583. The van der Waals surface area contributed by atoms with Gasteiger partial charge in [0.05, 0.1) is 38.6 Å². The number of amides is 1. The van der Waals surface area contributed by atoms with Gasteiger partial charge in [0.15, 0.2) is 0 Å². The van der Waals surface area contributed by atoms with Crippen LogP contribution in [0.15, 0.2) is 0 Å². The molecule has 1 heterocycles. The highest BCUT2D eigenvalue weighted by molar-refractivity contribution is 6.53. The predicted molar refractivity (Wildman–Crippen MR) is 63.5 cm³/mol. The van der Waals surface area contributed by atoms with Crippen LogP contribution in [0.4, 0.5) is 0 Å². The van der Waals surface area contributed by atoms with Gasteiger partial charge in [-0.05, 0) is 13.3 Å². The molecule has 0 unspecified atom stereocenters. The maximum atomic E-state index is 12.0. The van der Waals surface area contributed by atoms with Crippen molar-refractivity contribution in [2.75, 3.05) is 33.2 Å². The smallest absolute Gasteiger partial charge is 0.243 e. The summed E-state index contributed by atoms with van der Waals surface area (Å²) >= 11 is 11.9. The number of piperazine rings is 1. The quantitative estimate of drug-likeness (QED) is 0.658. The average molecular weight is 267 g/mol. The van der Waals surface area contributed by atoms with Gasteiger partial charge in [-0.1, -0.05) is 0 Å². The summed E-state index contributed by atoms with van der Waals surface area (Å²) in [5, 5.41) is 1.96.